The number of rotatable bonds is 8. The van der Waals surface area contributed by atoms with Gasteiger partial charge in [0.25, 0.3) is 10.0 Å². The molecule has 1 aromatic heterocycles. The molecule has 4 rings (SSSR count). The van der Waals surface area contributed by atoms with E-state index < -0.39 is 15.8 Å². The molecule has 0 atom stereocenters. The molecule has 0 spiro atoms. The van der Waals surface area contributed by atoms with Gasteiger partial charge in [0.1, 0.15) is 5.82 Å². The van der Waals surface area contributed by atoms with Gasteiger partial charge in [-0.25, -0.2) is 12.8 Å². The van der Waals surface area contributed by atoms with E-state index in [1.807, 2.05) is 18.2 Å². The second-order valence-electron chi connectivity index (χ2n) is 7.65. The Balaban J connectivity index is 1.32. The highest BCUT2D eigenvalue weighted by Crippen LogP contribution is 2.25. The Bertz CT molecular complexity index is 1080. The molecule has 0 amide bonds. The van der Waals surface area contributed by atoms with Crippen molar-refractivity contribution < 1.29 is 12.8 Å². The summed E-state index contributed by atoms with van der Waals surface area (Å²) in [5.41, 5.74) is 1.49. The van der Waals surface area contributed by atoms with Crippen LogP contribution in [-0.2, 0) is 16.4 Å². The van der Waals surface area contributed by atoms with E-state index in [9.17, 15) is 12.8 Å². The molecule has 5 nitrogen and oxygen atoms in total. The van der Waals surface area contributed by atoms with E-state index in [2.05, 4.69) is 32.5 Å². The third-order valence-electron chi connectivity index (χ3n) is 5.47. The first-order chi connectivity index (χ1) is 15.0. The number of halogens is 1. The molecule has 0 aliphatic carbocycles. The lowest BCUT2D eigenvalue weighted by molar-refractivity contribution is 0.418. The van der Waals surface area contributed by atoms with Crippen LogP contribution in [0.3, 0.4) is 0 Å². The van der Waals surface area contributed by atoms with E-state index in [4.69, 9.17) is 0 Å². The van der Waals surface area contributed by atoms with Crippen molar-refractivity contribution in [2.75, 3.05) is 29.3 Å². The summed E-state index contributed by atoms with van der Waals surface area (Å²) in [4.78, 5) is 3.73. The summed E-state index contributed by atoms with van der Waals surface area (Å²) in [6.45, 7) is 2.83. The number of thiophene rings is 1. The fourth-order valence-electron chi connectivity index (χ4n) is 3.79. The molecule has 31 heavy (non-hydrogen) atoms. The van der Waals surface area contributed by atoms with Crippen LogP contribution in [0.2, 0.25) is 0 Å². The molecule has 1 aliphatic rings. The Morgan fingerprint density at radius 2 is 1.81 bits per heavy atom. The third kappa shape index (κ3) is 5.84. The minimum absolute atomic E-state index is 0.0359. The van der Waals surface area contributed by atoms with E-state index in [-0.39, 0.29) is 4.90 Å². The molecule has 1 fully saturated rings. The van der Waals surface area contributed by atoms with Gasteiger partial charge in [-0.3, -0.25) is 4.72 Å². The number of benzene rings is 2. The Labute approximate surface area is 187 Å². The minimum Gasteiger partial charge on any atom is -0.371 e. The fraction of sp³-hybridized carbons (Fsp3) is 0.304. The van der Waals surface area contributed by atoms with Crippen LogP contribution >= 0.6 is 11.3 Å². The molecule has 2 N–H and O–H groups in total. The summed E-state index contributed by atoms with van der Waals surface area (Å²) < 4.78 is 40.8. The zero-order valence-electron chi connectivity index (χ0n) is 17.1. The molecule has 0 saturated carbocycles. The van der Waals surface area contributed by atoms with E-state index in [1.165, 1.54) is 17.0 Å². The third-order valence-corrected chi connectivity index (χ3v) is 7.80. The van der Waals surface area contributed by atoms with Gasteiger partial charge in [0.15, 0.2) is 0 Å². The number of nitrogens with zero attached hydrogens (tertiary/aromatic N) is 1. The summed E-state index contributed by atoms with van der Waals surface area (Å²) in [7, 11) is -3.76. The summed E-state index contributed by atoms with van der Waals surface area (Å²) in [6.07, 6.45) is 3.17. The van der Waals surface area contributed by atoms with Crippen LogP contribution in [0.25, 0.3) is 0 Å². The first-order valence-electron chi connectivity index (χ1n) is 10.4. The number of hydrogen-bond acceptors (Lipinski definition) is 5. The SMILES string of the molecule is O=S(=O)(Nc1cccc(N2CCC(NCCc3cccs3)CC2)c1)c1ccc(F)cc1. The first-order valence-corrected chi connectivity index (χ1v) is 12.7. The lowest BCUT2D eigenvalue weighted by Gasteiger charge is -2.34. The van der Waals surface area contributed by atoms with E-state index >= 15 is 0 Å². The van der Waals surface area contributed by atoms with Gasteiger partial charge in [-0.1, -0.05) is 12.1 Å². The van der Waals surface area contributed by atoms with E-state index in [0.29, 0.717) is 11.7 Å². The zero-order valence-corrected chi connectivity index (χ0v) is 18.8. The smallest absolute Gasteiger partial charge is 0.261 e. The average molecular weight is 460 g/mol. The Morgan fingerprint density at radius 3 is 2.52 bits per heavy atom. The number of sulfonamides is 1. The van der Waals surface area contributed by atoms with Crippen molar-refractivity contribution in [2.24, 2.45) is 0 Å². The molecule has 3 aromatic rings. The Kier molecular flexibility index (Phi) is 6.89. The monoisotopic (exact) mass is 459 g/mol. The van der Waals surface area contributed by atoms with Crippen LogP contribution in [0.1, 0.15) is 17.7 Å². The largest absolute Gasteiger partial charge is 0.371 e. The maximum atomic E-state index is 13.1. The topological polar surface area (TPSA) is 61.4 Å². The lowest BCUT2D eigenvalue weighted by Crippen LogP contribution is -2.43. The van der Waals surface area contributed by atoms with Gasteiger partial charge in [0, 0.05) is 36.2 Å². The van der Waals surface area contributed by atoms with Crippen LogP contribution in [0, 0.1) is 5.82 Å². The van der Waals surface area contributed by atoms with Crippen molar-refractivity contribution in [1.29, 1.82) is 0 Å². The highest BCUT2D eigenvalue weighted by Gasteiger charge is 2.20. The number of hydrogen-bond donors (Lipinski definition) is 2. The average Bonchev–Trinajstić information content (AvgIpc) is 3.28. The summed E-state index contributed by atoms with van der Waals surface area (Å²) in [5.74, 6) is -0.467. The number of nitrogens with one attached hydrogen (secondary N) is 2. The normalized spacial score (nSPS) is 15.2. The van der Waals surface area contributed by atoms with Gasteiger partial charge in [0.2, 0.25) is 0 Å². The molecule has 0 unspecified atom stereocenters. The van der Waals surface area contributed by atoms with Crippen LogP contribution in [0.4, 0.5) is 15.8 Å². The summed E-state index contributed by atoms with van der Waals surface area (Å²) >= 11 is 1.80. The van der Waals surface area contributed by atoms with E-state index in [1.54, 1.807) is 17.4 Å². The van der Waals surface area contributed by atoms with Gasteiger partial charge < -0.3 is 10.2 Å². The van der Waals surface area contributed by atoms with Gasteiger partial charge >= 0.3 is 0 Å². The molecule has 1 saturated heterocycles. The van der Waals surface area contributed by atoms with Crippen LogP contribution in [0.5, 0.6) is 0 Å². The van der Waals surface area contributed by atoms with Gasteiger partial charge in [-0.2, -0.15) is 0 Å². The molecular weight excluding hydrogens is 433 g/mol. The summed E-state index contributed by atoms with van der Waals surface area (Å²) in [6, 6.07) is 17.0. The molecule has 0 bridgehead atoms. The van der Waals surface area contributed by atoms with Crippen molar-refractivity contribution in [3.05, 3.63) is 76.7 Å². The Hall–Kier alpha value is -2.42. The summed E-state index contributed by atoms with van der Waals surface area (Å²) in [5, 5.41) is 5.77. The van der Waals surface area contributed by atoms with Crippen molar-refractivity contribution in [3.8, 4) is 0 Å². The Morgan fingerprint density at radius 1 is 1.03 bits per heavy atom. The van der Waals surface area contributed by atoms with Crippen LogP contribution in [0.15, 0.2) is 70.9 Å². The standard InChI is InChI=1S/C23H26FN3O2S2/c24-18-6-8-23(9-7-18)31(28,29)26-20-3-1-4-21(17-20)27-14-11-19(12-15-27)25-13-10-22-5-2-16-30-22/h1-9,16-17,19,25-26H,10-15H2. The second-order valence-corrected chi connectivity index (χ2v) is 10.4. The molecule has 8 heteroatoms. The maximum Gasteiger partial charge on any atom is 0.261 e. The van der Waals surface area contributed by atoms with Gasteiger partial charge in [-0.05, 0) is 73.2 Å². The number of anilines is 2. The van der Waals surface area contributed by atoms with Gasteiger partial charge in [-0.15, -0.1) is 11.3 Å². The van der Waals surface area contributed by atoms with Gasteiger partial charge in [0.05, 0.1) is 10.6 Å². The van der Waals surface area contributed by atoms with E-state index in [0.717, 1.165) is 56.7 Å². The maximum absolute atomic E-state index is 13.1. The quantitative estimate of drug-likeness (QED) is 0.521. The van der Waals surface area contributed by atoms with Crippen molar-refractivity contribution in [2.45, 2.75) is 30.2 Å². The van der Waals surface area contributed by atoms with Crippen molar-refractivity contribution in [1.82, 2.24) is 5.32 Å². The van der Waals surface area contributed by atoms with Crippen molar-refractivity contribution in [3.63, 3.8) is 0 Å². The zero-order chi connectivity index (χ0) is 21.7. The first kappa shape index (κ1) is 21.8. The lowest BCUT2D eigenvalue weighted by atomic mass is 10.0. The minimum atomic E-state index is -3.76. The highest BCUT2D eigenvalue weighted by molar-refractivity contribution is 7.92. The van der Waals surface area contributed by atoms with Crippen LogP contribution in [-0.4, -0.2) is 34.1 Å². The predicted molar refractivity (Wildman–Crippen MR) is 125 cm³/mol. The molecule has 2 aromatic carbocycles. The highest BCUT2D eigenvalue weighted by atomic mass is 32.2. The van der Waals surface area contributed by atoms with Crippen molar-refractivity contribution >= 4 is 32.7 Å². The molecule has 164 valence electrons. The molecule has 1 aliphatic heterocycles. The number of piperidine rings is 1. The second kappa shape index (κ2) is 9.80. The van der Waals surface area contributed by atoms with Crippen LogP contribution < -0.4 is 14.9 Å². The predicted octanol–water partition coefficient (Wildman–Crippen LogP) is 4.49. The molecular formula is C23H26FN3O2S2. The molecule has 2 heterocycles. The fourth-order valence-corrected chi connectivity index (χ4v) is 5.55. The molecule has 0 radical (unpaired) electrons.